The number of amides is 2. The van der Waals surface area contributed by atoms with Gasteiger partial charge in [-0.05, 0) is 36.8 Å². The Balaban J connectivity index is 1.90. The van der Waals surface area contributed by atoms with E-state index in [-0.39, 0.29) is 17.6 Å². The number of nitrogens with one attached hydrogen (secondary N) is 2. The number of nitrogens with two attached hydrogens (primary N) is 1. The van der Waals surface area contributed by atoms with Crippen molar-refractivity contribution in [2.75, 3.05) is 5.32 Å². The van der Waals surface area contributed by atoms with Gasteiger partial charge in [-0.1, -0.05) is 12.1 Å². The lowest BCUT2D eigenvalue weighted by Crippen LogP contribution is -2.37. The zero-order chi connectivity index (χ0) is 15.2. The lowest BCUT2D eigenvalue weighted by Gasteiger charge is -2.08. The van der Waals surface area contributed by atoms with Crippen molar-refractivity contribution in [2.24, 2.45) is 5.73 Å². The van der Waals surface area contributed by atoms with Crippen molar-refractivity contribution in [2.45, 2.75) is 19.5 Å². The lowest BCUT2D eigenvalue weighted by atomic mass is 10.2. The third-order valence-corrected chi connectivity index (χ3v) is 2.84. The molecular formula is C15H17N3O3. The van der Waals surface area contributed by atoms with Gasteiger partial charge >= 0.3 is 0 Å². The van der Waals surface area contributed by atoms with Crippen molar-refractivity contribution in [1.29, 1.82) is 0 Å². The Bertz CT molecular complexity index is 604. The van der Waals surface area contributed by atoms with E-state index in [1.54, 1.807) is 31.2 Å². The van der Waals surface area contributed by atoms with Crippen molar-refractivity contribution < 1.29 is 14.0 Å². The minimum Gasteiger partial charge on any atom is -0.459 e. The predicted molar refractivity (Wildman–Crippen MR) is 78.6 cm³/mol. The number of benzene rings is 1. The van der Waals surface area contributed by atoms with Crippen LogP contribution in [0.5, 0.6) is 0 Å². The van der Waals surface area contributed by atoms with Crippen LogP contribution in [0.4, 0.5) is 5.69 Å². The molecule has 0 unspecified atom stereocenters. The van der Waals surface area contributed by atoms with Crippen molar-refractivity contribution in [3.8, 4) is 0 Å². The van der Waals surface area contributed by atoms with Gasteiger partial charge in [0, 0.05) is 12.2 Å². The summed E-state index contributed by atoms with van der Waals surface area (Å²) in [5.41, 5.74) is 7.03. The van der Waals surface area contributed by atoms with Gasteiger partial charge in [0.15, 0.2) is 5.76 Å². The molecule has 0 fully saturated rings. The second-order valence-corrected chi connectivity index (χ2v) is 4.63. The minimum atomic E-state index is -0.531. The first-order chi connectivity index (χ1) is 10.1. The topological polar surface area (TPSA) is 97.4 Å². The molecule has 0 saturated carbocycles. The molecule has 6 nitrogen and oxygen atoms in total. The first-order valence-corrected chi connectivity index (χ1v) is 6.53. The summed E-state index contributed by atoms with van der Waals surface area (Å²) in [6, 6.07) is 9.87. The molecule has 0 spiro atoms. The van der Waals surface area contributed by atoms with Crippen LogP contribution < -0.4 is 16.4 Å². The van der Waals surface area contributed by atoms with Crippen LogP contribution in [-0.2, 0) is 11.3 Å². The Morgan fingerprint density at radius 2 is 1.95 bits per heavy atom. The quantitative estimate of drug-likeness (QED) is 0.776. The number of hydrogen-bond acceptors (Lipinski definition) is 4. The average molecular weight is 287 g/mol. The van der Waals surface area contributed by atoms with E-state index in [0.717, 1.165) is 5.56 Å². The zero-order valence-electron chi connectivity index (χ0n) is 11.6. The van der Waals surface area contributed by atoms with Gasteiger partial charge in [-0.2, -0.15) is 0 Å². The molecular weight excluding hydrogens is 270 g/mol. The molecule has 2 amide bonds. The third kappa shape index (κ3) is 4.19. The summed E-state index contributed by atoms with van der Waals surface area (Å²) in [5, 5.41) is 5.43. The van der Waals surface area contributed by atoms with Gasteiger partial charge in [-0.25, -0.2) is 0 Å². The highest BCUT2D eigenvalue weighted by molar-refractivity contribution is 6.02. The number of carbonyl (C=O) groups excluding carboxylic acids is 2. The fraction of sp³-hybridized carbons (Fsp3) is 0.200. The summed E-state index contributed by atoms with van der Waals surface area (Å²) in [6.07, 6.45) is 1.44. The van der Waals surface area contributed by atoms with E-state index in [9.17, 15) is 9.59 Å². The van der Waals surface area contributed by atoms with E-state index >= 15 is 0 Å². The molecule has 0 bridgehead atoms. The van der Waals surface area contributed by atoms with Gasteiger partial charge in [-0.15, -0.1) is 0 Å². The minimum absolute atomic E-state index is 0.204. The number of rotatable bonds is 5. The molecule has 1 aromatic carbocycles. The van der Waals surface area contributed by atoms with Crippen LogP contribution in [-0.4, -0.2) is 17.9 Å². The maximum Gasteiger partial charge on any atom is 0.291 e. The molecule has 1 atom stereocenters. The molecule has 2 rings (SSSR count). The predicted octanol–water partition coefficient (Wildman–Crippen LogP) is 1.50. The standard InChI is InChI=1S/C15H17N3O3/c1-10(16)14(19)17-9-11-4-6-12(7-5-11)18-15(20)13-3-2-8-21-13/h2-8,10H,9,16H2,1H3,(H,17,19)(H,18,20)/t10-/m0/s1. The molecule has 0 aliphatic carbocycles. The normalized spacial score (nSPS) is 11.7. The molecule has 0 aliphatic heterocycles. The summed E-state index contributed by atoms with van der Waals surface area (Å²) in [7, 11) is 0. The van der Waals surface area contributed by atoms with Crippen LogP contribution >= 0.6 is 0 Å². The second-order valence-electron chi connectivity index (χ2n) is 4.63. The van der Waals surface area contributed by atoms with Gasteiger partial charge in [0.05, 0.1) is 12.3 Å². The molecule has 4 N–H and O–H groups in total. The Kier molecular flexibility index (Phi) is 4.73. The zero-order valence-corrected chi connectivity index (χ0v) is 11.6. The number of hydrogen-bond donors (Lipinski definition) is 3. The van der Waals surface area contributed by atoms with Crippen LogP contribution in [0.2, 0.25) is 0 Å². The van der Waals surface area contributed by atoms with E-state index in [1.165, 1.54) is 6.26 Å². The Morgan fingerprint density at radius 1 is 1.24 bits per heavy atom. The largest absolute Gasteiger partial charge is 0.459 e. The molecule has 0 radical (unpaired) electrons. The molecule has 21 heavy (non-hydrogen) atoms. The van der Waals surface area contributed by atoms with Crippen LogP contribution in [0.15, 0.2) is 47.1 Å². The fourth-order valence-electron chi connectivity index (χ4n) is 1.66. The summed E-state index contributed by atoms with van der Waals surface area (Å²) in [6.45, 7) is 2.02. The molecule has 110 valence electrons. The highest BCUT2D eigenvalue weighted by Crippen LogP contribution is 2.11. The second kappa shape index (κ2) is 6.71. The molecule has 1 heterocycles. The number of furan rings is 1. The van der Waals surface area contributed by atoms with E-state index in [0.29, 0.717) is 12.2 Å². The maximum absolute atomic E-state index is 11.8. The average Bonchev–Trinajstić information content (AvgIpc) is 3.00. The molecule has 0 saturated heterocycles. The monoisotopic (exact) mass is 287 g/mol. The smallest absolute Gasteiger partial charge is 0.291 e. The van der Waals surface area contributed by atoms with Gasteiger partial charge in [0.25, 0.3) is 5.91 Å². The highest BCUT2D eigenvalue weighted by atomic mass is 16.3. The molecule has 2 aromatic rings. The maximum atomic E-state index is 11.8. The van der Waals surface area contributed by atoms with Gasteiger partial charge in [0.2, 0.25) is 5.91 Å². The van der Waals surface area contributed by atoms with Crippen molar-refractivity contribution in [3.63, 3.8) is 0 Å². The summed E-state index contributed by atoms with van der Waals surface area (Å²) < 4.78 is 5.01. The van der Waals surface area contributed by atoms with Gasteiger partial charge in [-0.3, -0.25) is 9.59 Å². The Morgan fingerprint density at radius 3 is 2.52 bits per heavy atom. The van der Waals surface area contributed by atoms with Crippen molar-refractivity contribution in [3.05, 3.63) is 54.0 Å². The van der Waals surface area contributed by atoms with Crippen LogP contribution in [0.1, 0.15) is 23.0 Å². The SMILES string of the molecule is C[C@H](N)C(=O)NCc1ccc(NC(=O)c2ccco2)cc1. The first-order valence-electron chi connectivity index (χ1n) is 6.53. The van der Waals surface area contributed by atoms with Gasteiger partial charge in [0.1, 0.15) is 0 Å². The molecule has 1 aromatic heterocycles. The van der Waals surface area contributed by atoms with E-state index < -0.39 is 6.04 Å². The Labute approximate surface area is 122 Å². The lowest BCUT2D eigenvalue weighted by molar-refractivity contribution is -0.122. The van der Waals surface area contributed by atoms with E-state index in [4.69, 9.17) is 10.2 Å². The van der Waals surface area contributed by atoms with E-state index in [2.05, 4.69) is 10.6 Å². The van der Waals surface area contributed by atoms with Crippen molar-refractivity contribution in [1.82, 2.24) is 5.32 Å². The fourth-order valence-corrected chi connectivity index (χ4v) is 1.66. The van der Waals surface area contributed by atoms with Crippen LogP contribution in [0.25, 0.3) is 0 Å². The van der Waals surface area contributed by atoms with E-state index in [1.807, 2.05) is 12.1 Å². The summed E-state index contributed by atoms with van der Waals surface area (Å²) in [5.74, 6) is -0.258. The highest BCUT2D eigenvalue weighted by Gasteiger charge is 2.09. The summed E-state index contributed by atoms with van der Waals surface area (Å²) >= 11 is 0. The Hall–Kier alpha value is -2.60. The number of anilines is 1. The first kappa shape index (κ1) is 14.8. The van der Waals surface area contributed by atoms with Gasteiger partial charge < -0.3 is 20.8 Å². The molecule has 6 heteroatoms. The summed E-state index contributed by atoms with van der Waals surface area (Å²) in [4.78, 5) is 23.1. The number of carbonyl (C=O) groups is 2. The van der Waals surface area contributed by atoms with Crippen LogP contribution in [0.3, 0.4) is 0 Å². The third-order valence-electron chi connectivity index (χ3n) is 2.84. The van der Waals surface area contributed by atoms with Crippen LogP contribution in [0, 0.1) is 0 Å². The van der Waals surface area contributed by atoms with Crippen molar-refractivity contribution >= 4 is 17.5 Å². The molecule has 0 aliphatic rings.